The van der Waals surface area contributed by atoms with Crippen LogP contribution in [0, 0.1) is 0 Å². The summed E-state index contributed by atoms with van der Waals surface area (Å²) in [7, 11) is 0. The summed E-state index contributed by atoms with van der Waals surface area (Å²) >= 11 is 0. The number of esters is 2. The first-order valence-electron chi connectivity index (χ1n) is 17.3. The molecule has 0 radical (unpaired) electrons. The molecule has 0 aromatic rings. The molecule has 280 valence electrons. The number of ether oxygens (including phenoxy) is 12. The lowest BCUT2D eigenvalue weighted by Crippen LogP contribution is -2.15. The zero-order chi connectivity index (χ0) is 34.1. The highest BCUT2D eigenvalue weighted by Gasteiger charge is 2.03. The van der Waals surface area contributed by atoms with Crippen molar-refractivity contribution in [3.8, 4) is 0 Å². The third-order valence-electron chi connectivity index (χ3n) is 6.08. The standard InChI is InChI=1S/C33H64O14/c1-3-5-6-7-8-9-32(34)47-31-30-45-29-28-44-27-26-43-25-24-42-23-22-41-21-20-40-19-18-39-17-16-38-15-14-37-13-12-36-11-10-33(35)46-4-2/h3-31H2,1-2H3. The Balaban J connectivity index is 3.10. The number of hydrogen-bond acceptors (Lipinski definition) is 14. The predicted molar refractivity (Wildman–Crippen MR) is 174 cm³/mol. The highest BCUT2D eigenvalue weighted by molar-refractivity contribution is 5.69. The van der Waals surface area contributed by atoms with Crippen molar-refractivity contribution < 1.29 is 66.4 Å². The number of rotatable bonds is 40. The summed E-state index contributed by atoms with van der Waals surface area (Å²) in [4.78, 5) is 22.8. The Hall–Kier alpha value is -1.46. The van der Waals surface area contributed by atoms with Crippen LogP contribution in [0.3, 0.4) is 0 Å². The van der Waals surface area contributed by atoms with Crippen LogP contribution in [0.4, 0.5) is 0 Å². The van der Waals surface area contributed by atoms with E-state index in [4.69, 9.17) is 56.8 Å². The first kappa shape index (κ1) is 45.5. The van der Waals surface area contributed by atoms with Crippen molar-refractivity contribution in [1.82, 2.24) is 0 Å². The van der Waals surface area contributed by atoms with Gasteiger partial charge in [-0.15, -0.1) is 0 Å². The Morgan fingerprint density at radius 1 is 0.319 bits per heavy atom. The Labute approximate surface area is 282 Å². The van der Waals surface area contributed by atoms with Crippen LogP contribution in [0.2, 0.25) is 0 Å². The average molecular weight is 685 g/mol. The Morgan fingerprint density at radius 3 is 0.957 bits per heavy atom. The van der Waals surface area contributed by atoms with E-state index in [1.165, 1.54) is 19.3 Å². The van der Waals surface area contributed by atoms with Gasteiger partial charge in [0.05, 0.1) is 145 Å². The highest BCUT2D eigenvalue weighted by atomic mass is 16.6. The van der Waals surface area contributed by atoms with E-state index in [0.29, 0.717) is 145 Å². The van der Waals surface area contributed by atoms with E-state index in [1.807, 2.05) is 0 Å². The molecular formula is C33H64O14. The van der Waals surface area contributed by atoms with E-state index < -0.39 is 0 Å². The average Bonchev–Trinajstić information content (AvgIpc) is 3.07. The third kappa shape index (κ3) is 40.6. The van der Waals surface area contributed by atoms with Gasteiger partial charge in [-0.2, -0.15) is 0 Å². The molecule has 0 aliphatic heterocycles. The van der Waals surface area contributed by atoms with E-state index in [0.717, 1.165) is 12.8 Å². The van der Waals surface area contributed by atoms with E-state index >= 15 is 0 Å². The van der Waals surface area contributed by atoms with Gasteiger partial charge in [0.15, 0.2) is 0 Å². The largest absolute Gasteiger partial charge is 0.466 e. The SMILES string of the molecule is CCCCCCCC(=O)OCCOCCOCCOCCOCCOCCOCCOCCOCCOCCOCCC(=O)OCC. The highest BCUT2D eigenvalue weighted by Crippen LogP contribution is 2.05. The summed E-state index contributed by atoms with van der Waals surface area (Å²) in [6.07, 6.45) is 6.31. The first-order valence-corrected chi connectivity index (χ1v) is 17.3. The quantitative estimate of drug-likeness (QED) is 0.0689. The molecule has 0 atom stereocenters. The summed E-state index contributed by atoms with van der Waals surface area (Å²) in [5, 5.41) is 0. The van der Waals surface area contributed by atoms with Crippen molar-refractivity contribution >= 4 is 11.9 Å². The second kappa shape index (κ2) is 40.7. The fraction of sp³-hybridized carbons (Fsp3) is 0.939. The molecule has 0 spiro atoms. The second-order valence-electron chi connectivity index (χ2n) is 10.1. The van der Waals surface area contributed by atoms with Crippen LogP contribution < -0.4 is 0 Å². The van der Waals surface area contributed by atoms with E-state index in [2.05, 4.69) is 6.92 Å². The molecule has 0 N–H and O–H groups in total. The van der Waals surface area contributed by atoms with Crippen LogP contribution in [0.15, 0.2) is 0 Å². The lowest BCUT2D eigenvalue weighted by Gasteiger charge is -2.09. The Kier molecular flexibility index (Phi) is 39.4. The summed E-state index contributed by atoms with van der Waals surface area (Å²) in [5.74, 6) is -0.404. The number of unbranched alkanes of at least 4 members (excludes halogenated alkanes) is 4. The number of carbonyl (C=O) groups excluding carboxylic acids is 2. The molecule has 14 heteroatoms. The molecule has 0 saturated carbocycles. The van der Waals surface area contributed by atoms with Crippen LogP contribution >= 0.6 is 0 Å². The van der Waals surface area contributed by atoms with Crippen molar-refractivity contribution in [3.63, 3.8) is 0 Å². The van der Waals surface area contributed by atoms with Crippen LogP contribution in [-0.4, -0.2) is 157 Å². The monoisotopic (exact) mass is 684 g/mol. The molecule has 14 nitrogen and oxygen atoms in total. The first-order chi connectivity index (χ1) is 23.2. The van der Waals surface area contributed by atoms with Gasteiger partial charge >= 0.3 is 11.9 Å². The number of hydrogen-bond donors (Lipinski definition) is 0. The van der Waals surface area contributed by atoms with Gasteiger partial charge in [0.2, 0.25) is 0 Å². The minimum absolute atomic E-state index is 0.151. The van der Waals surface area contributed by atoms with Gasteiger partial charge in [-0.3, -0.25) is 9.59 Å². The maximum Gasteiger partial charge on any atom is 0.308 e. The molecule has 0 unspecified atom stereocenters. The zero-order valence-electron chi connectivity index (χ0n) is 29.2. The van der Waals surface area contributed by atoms with Crippen molar-refractivity contribution in [2.24, 2.45) is 0 Å². The fourth-order valence-corrected chi connectivity index (χ4v) is 3.63. The van der Waals surface area contributed by atoms with Crippen molar-refractivity contribution in [3.05, 3.63) is 0 Å². The van der Waals surface area contributed by atoms with E-state index in [1.54, 1.807) is 6.92 Å². The Bertz CT molecular complexity index is 640. The molecule has 0 bridgehead atoms. The third-order valence-corrected chi connectivity index (χ3v) is 6.08. The van der Waals surface area contributed by atoms with Gasteiger partial charge in [-0.1, -0.05) is 32.6 Å². The normalized spacial score (nSPS) is 11.3. The lowest BCUT2D eigenvalue weighted by molar-refractivity contribution is -0.146. The zero-order valence-corrected chi connectivity index (χ0v) is 29.2. The van der Waals surface area contributed by atoms with Crippen molar-refractivity contribution in [1.29, 1.82) is 0 Å². The smallest absolute Gasteiger partial charge is 0.308 e. The maximum atomic E-state index is 11.6. The molecule has 0 aromatic heterocycles. The molecule has 0 aliphatic carbocycles. The second-order valence-corrected chi connectivity index (χ2v) is 10.1. The van der Waals surface area contributed by atoms with Crippen LogP contribution in [-0.2, 0) is 66.4 Å². The van der Waals surface area contributed by atoms with Crippen molar-refractivity contribution in [2.45, 2.75) is 58.8 Å². The fourth-order valence-electron chi connectivity index (χ4n) is 3.63. The molecule has 0 heterocycles. The van der Waals surface area contributed by atoms with E-state index in [-0.39, 0.29) is 25.0 Å². The van der Waals surface area contributed by atoms with Crippen LogP contribution in [0.5, 0.6) is 0 Å². The molecule has 0 aliphatic rings. The Morgan fingerprint density at radius 2 is 0.617 bits per heavy atom. The predicted octanol–water partition coefficient (Wildman–Crippen LogP) is 3.01. The van der Waals surface area contributed by atoms with Gasteiger partial charge in [0, 0.05) is 6.42 Å². The molecule has 47 heavy (non-hydrogen) atoms. The van der Waals surface area contributed by atoms with Gasteiger partial charge in [-0.05, 0) is 13.3 Å². The summed E-state index contributed by atoms with van der Waals surface area (Å²) in [5.41, 5.74) is 0. The van der Waals surface area contributed by atoms with Gasteiger partial charge in [0.25, 0.3) is 0 Å². The molecular weight excluding hydrogens is 620 g/mol. The van der Waals surface area contributed by atoms with Gasteiger partial charge < -0.3 is 56.8 Å². The van der Waals surface area contributed by atoms with Gasteiger partial charge in [-0.25, -0.2) is 0 Å². The molecule has 0 fully saturated rings. The summed E-state index contributed by atoms with van der Waals surface area (Å²) in [6.45, 7) is 13.9. The molecule has 0 saturated heterocycles. The van der Waals surface area contributed by atoms with Crippen LogP contribution in [0.1, 0.15) is 58.8 Å². The van der Waals surface area contributed by atoms with Gasteiger partial charge in [0.1, 0.15) is 6.61 Å². The van der Waals surface area contributed by atoms with Crippen molar-refractivity contribution in [2.75, 3.05) is 145 Å². The maximum absolute atomic E-state index is 11.6. The molecule has 0 aromatic carbocycles. The summed E-state index contributed by atoms with van der Waals surface area (Å²) < 4.78 is 64.3. The molecule has 0 rings (SSSR count). The minimum Gasteiger partial charge on any atom is -0.466 e. The summed E-state index contributed by atoms with van der Waals surface area (Å²) in [6, 6.07) is 0. The minimum atomic E-state index is -0.253. The number of carbonyl (C=O) groups is 2. The molecule has 0 amide bonds. The topological polar surface area (TPSA) is 145 Å². The lowest BCUT2D eigenvalue weighted by atomic mass is 10.1. The van der Waals surface area contributed by atoms with Crippen LogP contribution in [0.25, 0.3) is 0 Å². The van der Waals surface area contributed by atoms with E-state index in [9.17, 15) is 9.59 Å².